The molecule has 2 rings (SSSR count). The van der Waals surface area contributed by atoms with Crippen molar-refractivity contribution in [1.29, 1.82) is 0 Å². The van der Waals surface area contributed by atoms with Crippen LogP contribution in [0, 0.1) is 13.8 Å². The van der Waals surface area contributed by atoms with E-state index in [9.17, 15) is 0 Å². The van der Waals surface area contributed by atoms with Crippen LogP contribution in [0.5, 0.6) is 0 Å². The summed E-state index contributed by atoms with van der Waals surface area (Å²) in [5.41, 5.74) is 4.08. The molecule has 1 aliphatic heterocycles. The Labute approximate surface area is 109 Å². The summed E-state index contributed by atoms with van der Waals surface area (Å²) in [6.07, 6.45) is 6.18. The Balaban J connectivity index is 1.83. The Morgan fingerprint density at radius 1 is 1.50 bits per heavy atom. The zero-order valence-electron chi connectivity index (χ0n) is 11.4. The quantitative estimate of drug-likeness (QED) is 0.603. The van der Waals surface area contributed by atoms with Crippen LogP contribution in [-0.2, 0) is 4.74 Å². The molecule has 2 unspecified atom stereocenters. The Bertz CT molecular complexity index is 370. The van der Waals surface area contributed by atoms with Crippen molar-refractivity contribution in [2.24, 2.45) is 5.84 Å². The predicted octanol–water partition coefficient (Wildman–Crippen LogP) is 2.75. The Hall–Kier alpha value is -0.840. The summed E-state index contributed by atoms with van der Waals surface area (Å²) in [7, 11) is 0. The molecule has 1 aliphatic rings. The van der Waals surface area contributed by atoms with Crippen LogP contribution < -0.4 is 11.3 Å². The minimum Gasteiger partial charge on any atom is -0.466 e. The Morgan fingerprint density at radius 2 is 2.33 bits per heavy atom. The van der Waals surface area contributed by atoms with Crippen LogP contribution >= 0.6 is 0 Å². The Morgan fingerprint density at radius 3 is 2.89 bits per heavy atom. The summed E-state index contributed by atoms with van der Waals surface area (Å²) in [6.45, 7) is 4.90. The minimum absolute atomic E-state index is 0.184. The van der Waals surface area contributed by atoms with Crippen LogP contribution in [0.1, 0.15) is 55.2 Å². The van der Waals surface area contributed by atoms with Gasteiger partial charge in [-0.2, -0.15) is 0 Å². The lowest BCUT2D eigenvalue weighted by atomic mass is 10.00. The number of hydrogen-bond acceptors (Lipinski definition) is 4. The summed E-state index contributed by atoms with van der Waals surface area (Å²) in [4.78, 5) is 0. The van der Waals surface area contributed by atoms with Crippen LogP contribution in [0.4, 0.5) is 0 Å². The van der Waals surface area contributed by atoms with E-state index in [1.807, 2.05) is 13.8 Å². The molecule has 0 bridgehead atoms. The topological polar surface area (TPSA) is 60.4 Å². The van der Waals surface area contributed by atoms with Crippen molar-refractivity contribution < 1.29 is 9.15 Å². The van der Waals surface area contributed by atoms with Gasteiger partial charge in [-0.15, -0.1) is 0 Å². The van der Waals surface area contributed by atoms with Crippen LogP contribution in [0.2, 0.25) is 0 Å². The third kappa shape index (κ3) is 3.34. The summed E-state index contributed by atoms with van der Waals surface area (Å²) in [5.74, 6) is 7.57. The van der Waals surface area contributed by atoms with E-state index in [1.54, 1.807) is 0 Å². The number of nitrogens with two attached hydrogens (primary N) is 1. The molecule has 2 atom stereocenters. The molecule has 4 nitrogen and oxygen atoms in total. The number of ether oxygens (including phenoxy) is 1. The fourth-order valence-electron chi connectivity index (χ4n) is 2.75. The van der Waals surface area contributed by atoms with Crippen LogP contribution in [0.3, 0.4) is 0 Å². The number of furan rings is 1. The zero-order chi connectivity index (χ0) is 13.0. The molecule has 0 amide bonds. The highest BCUT2D eigenvalue weighted by Gasteiger charge is 2.18. The SMILES string of the molecule is Cc1cc(C(CCCC2CCCO2)NN)c(C)o1. The van der Waals surface area contributed by atoms with Gasteiger partial charge < -0.3 is 9.15 Å². The van der Waals surface area contributed by atoms with Gasteiger partial charge in [0.1, 0.15) is 11.5 Å². The molecule has 0 saturated carbocycles. The van der Waals surface area contributed by atoms with Crippen LogP contribution in [-0.4, -0.2) is 12.7 Å². The van der Waals surface area contributed by atoms with E-state index in [-0.39, 0.29) is 6.04 Å². The molecule has 0 aliphatic carbocycles. The highest BCUT2D eigenvalue weighted by atomic mass is 16.5. The number of hydrogen-bond donors (Lipinski definition) is 2. The fourth-order valence-corrected chi connectivity index (χ4v) is 2.75. The van der Waals surface area contributed by atoms with Gasteiger partial charge in [-0.25, -0.2) is 0 Å². The average molecular weight is 252 g/mol. The lowest BCUT2D eigenvalue weighted by Gasteiger charge is -2.16. The lowest BCUT2D eigenvalue weighted by molar-refractivity contribution is 0.101. The molecule has 18 heavy (non-hydrogen) atoms. The van der Waals surface area contributed by atoms with Crippen molar-refractivity contribution in [1.82, 2.24) is 5.43 Å². The van der Waals surface area contributed by atoms with Gasteiger partial charge in [0.15, 0.2) is 0 Å². The monoisotopic (exact) mass is 252 g/mol. The summed E-state index contributed by atoms with van der Waals surface area (Å²) in [6, 6.07) is 2.26. The standard InChI is InChI=1S/C14H24N2O2/c1-10-9-13(11(2)18-10)14(16-15)7-3-5-12-6-4-8-17-12/h9,12,14,16H,3-8,15H2,1-2H3. The molecule has 1 saturated heterocycles. The molecule has 4 heteroatoms. The second kappa shape index (κ2) is 6.36. The van der Waals surface area contributed by atoms with Crippen molar-refractivity contribution >= 4 is 0 Å². The highest BCUT2D eigenvalue weighted by molar-refractivity contribution is 5.23. The van der Waals surface area contributed by atoms with E-state index in [0.29, 0.717) is 6.10 Å². The van der Waals surface area contributed by atoms with Crippen molar-refractivity contribution in [2.75, 3.05) is 6.61 Å². The molecule has 2 heterocycles. The van der Waals surface area contributed by atoms with Gasteiger partial charge in [0.05, 0.1) is 6.10 Å². The van der Waals surface area contributed by atoms with E-state index >= 15 is 0 Å². The lowest BCUT2D eigenvalue weighted by Crippen LogP contribution is -2.28. The third-order valence-corrected chi connectivity index (χ3v) is 3.70. The molecular weight excluding hydrogens is 228 g/mol. The summed E-state index contributed by atoms with van der Waals surface area (Å²) >= 11 is 0. The van der Waals surface area contributed by atoms with Crippen LogP contribution in [0.15, 0.2) is 10.5 Å². The fraction of sp³-hybridized carbons (Fsp3) is 0.714. The number of nitrogens with one attached hydrogen (secondary N) is 1. The van der Waals surface area contributed by atoms with Crippen molar-refractivity contribution in [2.45, 2.75) is 58.1 Å². The minimum atomic E-state index is 0.184. The maximum atomic E-state index is 5.65. The van der Waals surface area contributed by atoms with Crippen LogP contribution in [0.25, 0.3) is 0 Å². The molecule has 1 fully saturated rings. The van der Waals surface area contributed by atoms with Gasteiger partial charge in [-0.05, 0) is 52.0 Å². The van der Waals surface area contributed by atoms with Gasteiger partial charge in [0, 0.05) is 18.2 Å². The second-order valence-electron chi connectivity index (χ2n) is 5.15. The molecule has 1 aromatic rings. The first-order valence-corrected chi connectivity index (χ1v) is 6.85. The van der Waals surface area contributed by atoms with Gasteiger partial charge in [-0.1, -0.05) is 0 Å². The molecule has 3 N–H and O–H groups in total. The number of aryl methyl sites for hydroxylation is 2. The van der Waals surface area contributed by atoms with Gasteiger partial charge in [0.2, 0.25) is 0 Å². The molecule has 0 spiro atoms. The molecule has 1 aromatic heterocycles. The summed E-state index contributed by atoms with van der Waals surface area (Å²) < 4.78 is 11.2. The van der Waals surface area contributed by atoms with E-state index in [2.05, 4.69) is 11.5 Å². The average Bonchev–Trinajstić information content (AvgIpc) is 2.95. The highest BCUT2D eigenvalue weighted by Crippen LogP contribution is 2.26. The van der Waals surface area contributed by atoms with E-state index in [0.717, 1.165) is 37.4 Å². The van der Waals surface area contributed by atoms with Crippen molar-refractivity contribution in [3.8, 4) is 0 Å². The molecule has 0 aromatic carbocycles. The maximum Gasteiger partial charge on any atom is 0.105 e. The smallest absolute Gasteiger partial charge is 0.105 e. The maximum absolute atomic E-state index is 5.65. The van der Waals surface area contributed by atoms with Gasteiger partial charge in [-0.3, -0.25) is 11.3 Å². The summed E-state index contributed by atoms with van der Waals surface area (Å²) in [5, 5.41) is 0. The van der Waals surface area contributed by atoms with E-state index < -0.39 is 0 Å². The predicted molar refractivity (Wildman–Crippen MR) is 71.1 cm³/mol. The molecular formula is C14H24N2O2. The zero-order valence-corrected chi connectivity index (χ0v) is 11.4. The Kier molecular flexibility index (Phi) is 4.80. The van der Waals surface area contributed by atoms with E-state index in [4.69, 9.17) is 15.0 Å². The van der Waals surface area contributed by atoms with Crippen molar-refractivity contribution in [3.05, 3.63) is 23.2 Å². The van der Waals surface area contributed by atoms with Gasteiger partial charge in [0.25, 0.3) is 0 Å². The first-order valence-electron chi connectivity index (χ1n) is 6.85. The first-order chi connectivity index (χ1) is 8.70. The van der Waals surface area contributed by atoms with Crippen molar-refractivity contribution in [3.63, 3.8) is 0 Å². The largest absolute Gasteiger partial charge is 0.466 e. The third-order valence-electron chi connectivity index (χ3n) is 3.70. The first kappa shape index (κ1) is 13.6. The number of rotatable bonds is 6. The van der Waals surface area contributed by atoms with Gasteiger partial charge >= 0.3 is 0 Å². The number of hydrazine groups is 1. The normalized spacial score (nSPS) is 21.4. The molecule has 0 radical (unpaired) electrons. The van der Waals surface area contributed by atoms with E-state index in [1.165, 1.54) is 18.4 Å². The second-order valence-corrected chi connectivity index (χ2v) is 5.15. The molecule has 102 valence electrons.